The van der Waals surface area contributed by atoms with Gasteiger partial charge in [-0.15, -0.1) is 0 Å². The van der Waals surface area contributed by atoms with Crippen LogP contribution in [0.15, 0.2) is 18.2 Å². The molecule has 3 aliphatic carbocycles. The van der Waals surface area contributed by atoms with Gasteiger partial charge in [-0.25, -0.2) is 0 Å². The average molecular weight is 418 g/mol. The molecule has 0 aliphatic heterocycles. The summed E-state index contributed by atoms with van der Waals surface area (Å²) in [4.78, 5) is 11.5. The van der Waals surface area contributed by atoms with Gasteiger partial charge in [-0.05, 0) is 49.4 Å². The molecule has 0 amide bonds. The smallest absolute Gasteiger partial charge is 0.462 e. The standard InChI is InChI=1S/C21H27O2.BF3.K/c1-13-12-15-6-4-5-7-16(15)17-10-11-21(3)18(20(13)17)8-9-19(21)23-14(2)22;2-1(3)4;/h5-7,13,17-20H,8-12H2,1-3H3;;/q-1;;+1/t13-,17-,18+,19+,20-,21+;;/m1../s1. The Bertz CT molecular complexity index is 687. The molecule has 7 heteroatoms. The zero-order chi connectivity index (χ0) is 19.8. The van der Waals surface area contributed by atoms with Crippen molar-refractivity contribution in [1.29, 1.82) is 0 Å². The molecule has 1 aromatic rings. The van der Waals surface area contributed by atoms with Crippen molar-refractivity contribution >= 4 is 13.5 Å². The fraction of sp³-hybridized carbons (Fsp3) is 0.667. The van der Waals surface area contributed by atoms with Gasteiger partial charge in [-0.3, -0.25) is 17.7 Å². The first-order valence-corrected chi connectivity index (χ1v) is 9.82. The minimum Gasteiger partial charge on any atom is -0.462 e. The summed E-state index contributed by atoms with van der Waals surface area (Å²) in [5.74, 6) is 2.72. The number of ether oxygens (including phenoxy) is 1. The van der Waals surface area contributed by atoms with E-state index >= 15 is 0 Å². The number of hydrogen-bond acceptors (Lipinski definition) is 2. The molecular weight excluding hydrogens is 391 g/mol. The maximum atomic E-state index is 11.5. The molecule has 0 bridgehead atoms. The zero-order valence-corrected chi connectivity index (χ0v) is 20.3. The average Bonchev–Trinajstić information content (AvgIpc) is 2.90. The third-order valence-corrected chi connectivity index (χ3v) is 7.14. The quantitative estimate of drug-likeness (QED) is 0.398. The number of halogens is 3. The van der Waals surface area contributed by atoms with Gasteiger partial charge >= 0.3 is 64.9 Å². The molecule has 0 saturated heterocycles. The van der Waals surface area contributed by atoms with Crippen LogP contribution in [0.4, 0.5) is 12.9 Å². The van der Waals surface area contributed by atoms with Crippen LogP contribution < -0.4 is 51.4 Å². The Morgan fingerprint density at radius 3 is 2.61 bits per heavy atom. The minimum absolute atomic E-state index is 0. The van der Waals surface area contributed by atoms with E-state index in [9.17, 15) is 17.7 Å². The monoisotopic (exact) mass is 418 g/mol. The van der Waals surface area contributed by atoms with E-state index in [2.05, 4.69) is 38.1 Å². The molecule has 2 nitrogen and oxygen atoms in total. The first-order chi connectivity index (χ1) is 12.7. The second kappa shape index (κ2) is 9.99. The summed E-state index contributed by atoms with van der Waals surface area (Å²) in [7, 11) is -3.67. The molecule has 0 radical (unpaired) electrons. The van der Waals surface area contributed by atoms with E-state index < -0.39 is 7.54 Å². The van der Waals surface area contributed by atoms with E-state index in [0.717, 1.165) is 12.3 Å². The third-order valence-electron chi connectivity index (χ3n) is 7.14. The Kier molecular flexibility index (Phi) is 8.73. The van der Waals surface area contributed by atoms with Crippen molar-refractivity contribution in [3.8, 4) is 0 Å². The van der Waals surface area contributed by atoms with Crippen LogP contribution in [0, 0.1) is 29.2 Å². The van der Waals surface area contributed by atoms with Crippen molar-refractivity contribution in [3.05, 3.63) is 35.4 Å². The van der Waals surface area contributed by atoms with E-state index in [4.69, 9.17) is 4.74 Å². The van der Waals surface area contributed by atoms with Gasteiger partial charge in [0.2, 0.25) is 0 Å². The van der Waals surface area contributed by atoms with Gasteiger partial charge in [0.25, 0.3) is 0 Å². The fourth-order valence-corrected chi connectivity index (χ4v) is 6.20. The molecule has 4 rings (SSSR count). The van der Waals surface area contributed by atoms with Crippen molar-refractivity contribution in [2.75, 3.05) is 0 Å². The molecule has 0 spiro atoms. The van der Waals surface area contributed by atoms with Gasteiger partial charge in [0.15, 0.2) is 0 Å². The van der Waals surface area contributed by atoms with Crippen molar-refractivity contribution in [2.24, 2.45) is 23.2 Å². The molecule has 3 aliphatic rings. The van der Waals surface area contributed by atoms with Crippen LogP contribution in [0.3, 0.4) is 0 Å². The second-order valence-electron chi connectivity index (χ2n) is 8.56. The van der Waals surface area contributed by atoms with E-state index in [1.165, 1.54) is 31.2 Å². The van der Waals surface area contributed by atoms with E-state index in [1.807, 2.05) is 0 Å². The van der Waals surface area contributed by atoms with Crippen LogP contribution in [-0.4, -0.2) is 19.6 Å². The van der Waals surface area contributed by atoms with Gasteiger partial charge in [0.1, 0.15) is 6.10 Å². The Hall–Kier alpha value is 0.181. The minimum atomic E-state index is -3.67. The molecule has 2 saturated carbocycles. The maximum Gasteiger partial charge on any atom is 1.00 e. The molecule has 148 valence electrons. The zero-order valence-electron chi connectivity index (χ0n) is 17.2. The number of hydrogen-bond donors (Lipinski definition) is 0. The normalized spacial score (nSPS) is 35.1. The first kappa shape index (κ1) is 24.5. The summed E-state index contributed by atoms with van der Waals surface area (Å²) in [6.07, 6.45) is 5.99. The van der Waals surface area contributed by atoms with Gasteiger partial charge in [-0.1, -0.05) is 20.3 Å². The van der Waals surface area contributed by atoms with Crippen molar-refractivity contribution in [1.82, 2.24) is 0 Å². The third kappa shape index (κ3) is 4.90. The topological polar surface area (TPSA) is 26.3 Å². The van der Waals surface area contributed by atoms with Gasteiger partial charge in [0.05, 0.1) is 0 Å². The van der Waals surface area contributed by atoms with Crippen LogP contribution in [0.1, 0.15) is 63.5 Å². The van der Waals surface area contributed by atoms with Gasteiger partial charge < -0.3 is 4.74 Å². The van der Waals surface area contributed by atoms with Gasteiger partial charge in [0, 0.05) is 12.3 Å². The summed E-state index contributed by atoms with van der Waals surface area (Å²) in [6.45, 7) is 6.37. The number of esters is 1. The SMILES string of the molecule is CC(=O)O[C@H]1CC[C@H]2[C@@H]3[C@H](C)Cc4c[c-]ccc4[C@H]3CC[C@]12C.FB(F)F.[K+]. The van der Waals surface area contributed by atoms with E-state index in [0.29, 0.717) is 17.8 Å². The molecule has 0 N–H and O–H groups in total. The first-order valence-electron chi connectivity index (χ1n) is 9.82. The van der Waals surface area contributed by atoms with Crippen LogP contribution >= 0.6 is 0 Å². The molecule has 0 heterocycles. The van der Waals surface area contributed by atoms with Crippen molar-refractivity contribution < 1.29 is 73.9 Å². The Balaban J connectivity index is 0.000000515. The van der Waals surface area contributed by atoms with Crippen molar-refractivity contribution in [3.63, 3.8) is 0 Å². The molecule has 0 aromatic heterocycles. The molecule has 6 atom stereocenters. The predicted octanol–water partition coefficient (Wildman–Crippen LogP) is 2.40. The Labute approximate surface area is 209 Å². The number of carbonyl (C=O) groups is 1. The number of rotatable bonds is 1. The van der Waals surface area contributed by atoms with E-state index in [1.54, 1.807) is 12.5 Å². The Morgan fingerprint density at radius 1 is 1.29 bits per heavy atom. The molecule has 1 aromatic carbocycles. The maximum absolute atomic E-state index is 11.5. The van der Waals surface area contributed by atoms with Gasteiger partial charge in [-0.2, -0.15) is 35.4 Å². The molecule has 2 fully saturated rings. The summed E-state index contributed by atoms with van der Waals surface area (Å²) >= 11 is 0. The summed E-state index contributed by atoms with van der Waals surface area (Å²) < 4.78 is 34.7. The van der Waals surface area contributed by atoms with Crippen LogP contribution in [0.2, 0.25) is 0 Å². The Morgan fingerprint density at radius 2 is 1.96 bits per heavy atom. The number of fused-ring (bicyclic) bond motifs is 5. The number of benzene rings is 1. The predicted molar refractivity (Wildman–Crippen MR) is 99.1 cm³/mol. The van der Waals surface area contributed by atoms with Crippen LogP contribution in [0.25, 0.3) is 0 Å². The van der Waals surface area contributed by atoms with Crippen LogP contribution in [0.5, 0.6) is 0 Å². The van der Waals surface area contributed by atoms with E-state index in [-0.39, 0.29) is 68.9 Å². The summed E-state index contributed by atoms with van der Waals surface area (Å²) in [5.41, 5.74) is 3.27. The largest absolute Gasteiger partial charge is 1.00 e. The molecular formula is C21H27BF3KO2. The van der Waals surface area contributed by atoms with Crippen LogP contribution in [-0.2, 0) is 16.0 Å². The number of carbonyl (C=O) groups excluding carboxylic acids is 1. The summed E-state index contributed by atoms with van der Waals surface area (Å²) in [5, 5.41) is 0. The fourth-order valence-electron chi connectivity index (χ4n) is 6.20. The van der Waals surface area contributed by atoms with Crippen molar-refractivity contribution in [2.45, 2.75) is 64.9 Å². The molecule has 0 unspecified atom stereocenters. The molecule has 28 heavy (non-hydrogen) atoms. The summed E-state index contributed by atoms with van der Waals surface area (Å²) in [6, 6.07) is 9.85. The second-order valence-corrected chi connectivity index (χ2v) is 8.56.